The van der Waals surface area contributed by atoms with Crippen LogP contribution in [0.2, 0.25) is 5.02 Å². The van der Waals surface area contributed by atoms with Gasteiger partial charge in [0.15, 0.2) is 0 Å². The Labute approximate surface area is 124 Å². The van der Waals surface area contributed by atoms with Gasteiger partial charge in [-0.2, -0.15) is 0 Å². The molecule has 0 bridgehead atoms. The van der Waals surface area contributed by atoms with Crippen molar-refractivity contribution < 1.29 is 4.39 Å². The fourth-order valence-electron chi connectivity index (χ4n) is 2.18. The molecule has 1 atom stereocenters. The molecule has 0 aliphatic carbocycles. The summed E-state index contributed by atoms with van der Waals surface area (Å²) in [5.41, 5.74) is 2.55. The molecule has 0 radical (unpaired) electrons. The Morgan fingerprint density at radius 3 is 2.85 bits per heavy atom. The van der Waals surface area contributed by atoms with Crippen LogP contribution in [0.4, 0.5) is 4.39 Å². The number of aromatic nitrogens is 1. The molecule has 2 rings (SSSR count). The molecule has 0 amide bonds. The largest absolute Gasteiger partial charge is 0.306 e. The molecule has 20 heavy (non-hydrogen) atoms. The van der Waals surface area contributed by atoms with Gasteiger partial charge in [0.1, 0.15) is 5.82 Å². The van der Waals surface area contributed by atoms with Crippen LogP contribution in [0.5, 0.6) is 0 Å². The average molecular weight is 293 g/mol. The molecule has 0 spiro atoms. The maximum absolute atomic E-state index is 14.3. The molecule has 1 heterocycles. The first-order chi connectivity index (χ1) is 9.63. The van der Waals surface area contributed by atoms with E-state index in [1.165, 1.54) is 0 Å². The fraction of sp³-hybridized carbons (Fsp3) is 0.312. The predicted molar refractivity (Wildman–Crippen MR) is 80.5 cm³/mol. The fourth-order valence-corrected chi connectivity index (χ4v) is 2.36. The zero-order valence-corrected chi connectivity index (χ0v) is 12.4. The molecule has 0 saturated heterocycles. The van der Waals surface area contributed by atoms with E-state index in [0.717, 1.165) is 24.1 Å². The number of hydrogen-bond acceptors (Lipinski definition) is 2. The normalized spacial score (nSPS) is 12.4. The van der Waals surface area contributed by atoms with E-state index in [-0.39, 0.29) is 16.9 Å². The molecule has 0 fully saturated rings. The highest BCUT2D eigenvalue weighted by Crippen LogP contribution is 2.28. The summed E-state index contributed by atoms with van der Waals surface area (Å²) >= 11 is 5.89. The highest BCUT2D eigenvalue weighted by molar-refractivity contribution is 6.30. The van der Waals surface area contributed by atoms with Crippen LogP contribution < -0.4 is 5.32 Å². The second-order valence-corrected chi connectivity index (χ2v) is 5.23. The summed E-state index contributed by atoms with van der Waals surface area (Å²) in [5, 5.41) is 3.50. The molecule has 1 N–H and O–H groups in total. The Hall–Kier alpha value is -1.45. The third-order valence-corrected chi connectivity index (χ3v) is 3.41. The van der Waals surface area contributed by atoms with Gasteiger partial charge in [0.2, 0.25) is 0 Å². The van der Waals surface area contributed by atoms with E-state index < -0.39 is 0 Å². The maximum atomic E-state index is 14.3. The minimum Gasteiger partial charge on any atom is -0.306 e. The van der Waals surface area contributed by atoms with Gasteiger partial charge in [0.05, 0.1) is 11.1 Å². The number of pyridine rings is 1. The SMILES string of the molecule is CCCNC(c1cncc(C)c1)c1cccc(Cl)c1F. The maximum Gasteiger partial charge on any atom is 0.146 e. The van der Waals surface area contributed by atoms with Crippen LogP contribution in [0.25, 0.3) is 0 Å². The van der Waals surface area contributed by atoms with Gasteiger partial charge in [-0.1, -0.05) is 36.7 Å². The second-order valence-electron chi connectivity index (χ2n) is 4.83. The number of nitrogens with zero attached hydrogens (tertiary/aromatic N) is 1. The summed E-state index contributed by atoms with van der Waals surface area (Å²) in [6.07, 6.45) is 4.52. The monoisotopic (exact) mass is 292 g/mol. The van der Waals surface area contributed by atoms with Crippen molar-refractivity contribution in [2.45, 2.75) is 26.3 Å². The average Bonchev–Trinajstić information content (AvgIpc) is 2.44. The van der Waals surface area contributed by atoms with Crippen molar-refractivity contribution in [2.24, 2.45) is 0 Å². The van der Waals surface area contributed by atoms with Crippen molar-refractivity contribution in [1.82, 2.24) is 10.3 Å². The van der Waals surface area contributed by atoms with Gasteiger partial charge in [-0.05, 0) is 37.1 Å². The first kappa shape index (κ1) is 14.9. The molecular weight excluding hydrogens is 275 g/mol. The van der Waals surface area contributed by atoms with Crippen molar-refractivity contribution in [1.29, 1.82) is 0 Å². The number of benzene rings is 1. The third kappa shape index (κ3) is 3.35. The zero-order valence-electron chi connectivity index (χ0n) is 11.7. The molecule has 0 aliphatic heterocycles. The first-order valence-electron chi connectivity index (χ1n) is 6.72. The lowest BCUT2D eigenvalue weighted by Crippen LogP contribution is -2.24. The van der Waals surface area contributed by atoms with Gasteiger partial charge < -0.3 is 5.32 Å². The molecule has 1 unspecified atom stereocenters. The molecule has 1 aromatic heterocycles. The van der Waals surface area contributed by atoms with Crippen LogP contribution in [-0.4, -0.2) is 11.5 Å². The van der Waals surface area contributed by atoms with Crippen LogP contribution in [0, 0.1) is 12.7 Å². The number of hydrogen-bond donors (Lipinski definition) is 1. The second kappa shape index (κ2) is 6.82. The topological polar surface area (TPSA) is 24.9 Å². The smallest absolute Gasteiger partial charge is 0.146 e. The molecule has 0 saturated carbocycles. The van der Waals surface area contributed by atoms with E-state index in [0.29, 0.717) is 5.56 Å². The van der Waals surface area contributed by atoms with E-state index in [4.69, 9.17) is 11.6 Å². The number of rotatable bonds is 5. The summed E-state index contributed by atoms with van der Waals surface area (Å²) in [6.45, 7) is 4.85. The summed E-state index contributed by atoms with van der Waals surface area (Å²) in [6, 6.07) is 6.87. The minimum absolute atomic E-state index is 0.145. The van der Waals surface area contributed by atoms with Crippen LogP contribution >= 0.6 is 11.6 Å². The third-order valence-electron chi connectivity index (χ3n) is 3.12. The molecule has 1 aromatic carbocycles. The lowest BCUT2D eigenvalue weighted by molar-refractivity contribution is 0.546. The van der Waals surface area contributed by atoms with Crippen molar-refractivity contribution >= 4 is 11.6 Å². The summed E-state index contributed by atoms with van der Waals surface area (Å²) in [4.78, 5) is 4.20. The Kier molecular flexibility index (Phi) is 5.10. The molecular formula is C16H18ClFN2. The van der Waals surface area contributed by atoms with Crippen molar-refractivity contribution in [3.63, 3.8) is 0 Å². The van der Waals surface area contributed by atoms with Gasteiger partial charge in [0, 0.05) is 18.0 Å². The van der Waals surface area contributed by atoms with Crippen molar-refractivity contribution in [2.75, 3.05) is 6.54 Å². The highest BCUT2D eigenvalue weighted by Gasteiger charge is 2.19. The summed E-state index contributed by atoms with van der Waals surface area (Å²) in [7, 11) is 0. The summed E-state index contributed by atoms with van der Waals surface area (Å²) < 4.78 is 14.3. The molecule has 2 nitrogen and oxygen atoms in total. The Bertz CT molecular complexity index is 586. The van der Waals surface area contributed by atoms with E-state index in [1.807, 2.05) is 13.0 Å². The minimum atomic E-state index is -0.371. The van der Waals surface area contributed by atoms with Crippen LogP contribution in [0.1, 0.15) is 36.1 Å². The number of halogens is 2. The van der Waals surface area contributed by atoms with Gasteiger partial charge >= 0.3 is 0 Å². The standard InChI is InChI=1S/C16H18ClFN2/c1-3-7-20-16(12-8-11(2)9-19-10-12)13-5-4-6-14(17)15(13)18/h4-6,8-10,16,20H,3,7H2,1-2H3. The van der Waals surface area contributed by atoms with Gasteiger partial charge in [-0.25, -0.2) is 4.39 Å². The Morgan fingerprint density at radius 2 is 2.15 bits per heavy atom. The lowest BCUT2D eigenvalue weighted by Gasteiger charge is -2.20. The number of aryl methyl sites for hydroxylation is 1. The quantitative estimate of drug-likeness (QED) is 0.890. The van der Waals surface area contributed by atoms with Crippen LogP contribution in [-0.2, 0) is 0 Å². The Balaban J connectivity index is 2.44. The molecule has 2 aromatic rings. The molecule has 106 valence electrons. The van der Waals surface area contributed by atoms with E-state index in [2.05, 4.69) is 17.2 Å². The van der Waals surface area contributed by atoms with Gasteiger partial charge in [-0.3, -0.25) is 4.98 Å². The number of nitrogens with one attached hydrogen (secondary N) is 1. The van der Waals surface area contributed by atoms with E-state index in [9.17, 15) is 4.39 Å². The molecule has 0 aliphatic rings. The van der Waals surface area contributed by atoms with Gasteiger partial charge in [0.25, 0.3) is 0 Å². The van der Waals surface area contributed by atoms with Gasteiger partial charge in [-0.15, -0.1) is 0 Å². The zero-order chi connectivity index (χ0) is 14.5. The van der Waals surface area contributed by atoms with Crippen molar-refractivity contribution in [3.05, 3.63) is 64.2 Å². The predicted octanol–water partition coefficient (Wildman–Crippen LogP) is 4.27. The van der Waals surface area contributed by atoms with E-state index in [1.54, 1.807) is 30.6 Å². The molecule has 4 heteroatoms. The lowest BCUT2D eigenvalue weighted by atomic mass is 9.98. The Morgan fingerprint density at radius 1 is 1.35 bits per heavy atom. The van der Waals surface area contributed by atoms with E-state index >= 15 is 0 Å². The van der Waals surface area contributed by atoms with Crippen molar-refractivity contribution in [3.8, 4) is 0 Å². The van der Waals surface area contributed by atoms with Crippen LogP contribution in [0.3, 0.4) is 0 Å². The summed E-state index contributed by atoms with van der Waals surface area (Å²) in [5.74, 6) is -0.371. The van der Waals surface area contributed by atoms with Crippen LogP contribution in [0.15, 0.2) is 36.7 Å². The first-order valence-corrected chi connectivity index (χ1v) is 7.10. The highest BCUT2D eigenvalue weighted by atomic mass is 35.5.